The van der Waals surface area contributed by atoms with Gasteiger partial charge in [0.25, 0.3) is 5.91 Å². The zero-order valence-corrected chi connectivity index (χ0v) is 18.0. The van der Waals surface area contributed by atoms with Crippen LogP contribution in [-0.4, -0.2) is 29.6 Å². The first kappa shape index (κ1) is 21.0. The summed E-state index contributed by atoms with van der Waals surface area (Å²) in [6.45, 7) is -0.0501. The summed E-state index contributed by atoms with van der Waals surface area (Å²) >= 11 is 7.62. The van der Waals surface area contributed by atoms with Gasteiger partial charge in [-0.15, -0.1) is 0 Å². The van der Waals surface area contributed by atoms with E-state index in [1.165, 1.54) is 40.5 Å². The summed E-state index contributed by atoms with van der Waals surface area (Å²) in [5.74, 6) is 0.246. The Labute approximate surface area is 186 Å². The number of hydrogen-bond acceptors (Lipinski definition) is 6. The predicted octanol–water partition coefficient (Wildman–Crippen LogP) is 5.10. The van der Waals surface area contributed by atoms with E-state index in [-0.39, 0.29) is 24.9 Å². The number of fused-ring (bicyclic) bond motifs is 1. The lowest BCUT2D eigenvalue weighted by Gasteiger charge is -2.19. The Balaban J connectivity index is 1.65. The summed E-state index contributed by atoms with van der Waals surface area (Å²) in [5.41, 5.74) is 1.27. The molecule has 4 rings (SSSR count). The van der Waals surface area contributed by atoms with Crippen LogP contribution in [0.4, 0.5) is 9.52 Å². The summed E-state index contributed by atoms with van der Waals surface area (Å²) in [6, 6.07) is 14.4. The van der Waals surface area contributed by atoms with Gasteiger partial charge in [0.2, 0.25) is 0 Å². The van der Waals surface area contributed by atoms with Crippen LogP contribution in [0, 0.1) is 5.82 Å². The van der Waals surface area contributed by atoms with Crippen LogP contribution in [-0.2, 0) is 11.3 Å². The molecule has 2 heterocycles. The summed E-state index contributed by atoms with van der Waals surface area (Å²) in [4.78, 5) is 23.5. The Morgan fingerprint density at radius 1 is 1.16 bits per heavy atom. The van der Waals surface area contributed by atoms with E-state index in [0.29, 0.717) is 37.6 Å². The van der Waals surface area contributed by atoms with Crippen molar-refractivity contribution in [1.82, 2.24) is 9.97 Å². The van der Waals surface area contributed by atoms with Crippen LogP contribution in [0.25, 0.3) is 10.2 Å². The van der Waals surface area contributed by atoms with E-state index in [9.17, 15) is 9.18 Å². The molecule has 0 spiro atoms. The lowest BCUT2D eigenvalue weighted by atomic mass is 10.3. The van der Waals surface area contributed by atoms with E-state index in [1.54, 1.807) is 31.5 Å². The van der Waals surface area contributed by atoms with Gasteiger partial charge in [-0.2, -0.15) is 0 Å². The highest BCUT2D eigenvalue weighted by molar-refractivity contribution is 7.23. The zero-order valence-electron chi connectivity index (χ0n) is 16.4. The van der Waals surface area contributed by atoms with E-state index >= 15 is 0 Å². The average Bonchev–Trinajstić information content (AvgIpc) is 3.24. The Hall–Kier alpha value is -3.23. The number of thiazole rings is 1. The molecule has 0 atom stereocenters. The fourth-order valence-electron chi connectivity index (χ4n) is 2.89. The maximum Gasteiger partial charge on any atom is 0.267 e. The Morgan fingerprint density at radius 3 is 2.68 bits per heavy atom. The van der Waals surface area contributed by atoms with Crippen LogP contribution < -0.4 is 14.4 Å². The predicted molar refractivity (Wildman–Crippen MR) is 119 cm³/mol. The summed E-state index contributed by atoms with van der Waals surface area (Å²) in [7, 11) is 1.55. The third-order valence-corrected chi connectivity index (χ3v) is 5.96. The minimum atomic E-state index is -0.379. The van der Waals surface area contributed by atoms with Gasteiger partial charge >= 0.3 is 0 Å². The summed E-state index contributed by atoms with van der Waals surface area (Å²) in [5, 5.41) is 0.965. The quantitative estimate of drug-likeness (QED) is 0.386. The minimum Gasteiger partial charge on any atom is -0.494 e. The third kappa shape index (κ3) is 4.76. The molecule has 2 aromatic heterocycles. The summed E-state index contributed by atoms with van der Waals surface area (Å²) in [6.07, 6.45) is 1.66. The van der Waals surface area contributed by atoms with E-state index in [0.717, 1.165) is 0 Å². The van der Waals surface area contributed by atoms with Gasteiger partial charge in [-0.3, -0.25) is 14.7 Å². The SMILES string of the molecule is COc1ccc(Cl)c2sc(N(Cc3ccccn3)C(=O)COc3ccc(F)cc3)nc12. The normalized spacial score (nSPS) is 10.8. The molecular formula is C22H17ClFN3O3S. The van der Waals surface area contributed by atoms with Gasteiger partial charge in [-0.05, 0) is 48.5 Å². The standard InChI is InChI=1S/C22H17ClFN3O3S/c1-29-18-10-9-17(23)21-20(18)26-22(31-21)27(12-15-4-2-3-11-25-15)19(28)13-30-16-7-5-14(24)6-8-16/h2-11H,12-13H2,1H3. The number of hydrogen-bond donors (Lipinski definition) is 0. The second kappa shape index (κ2) is 9.28. The Kier molecular flexibility index (Phi) is 6.29. The number of rotatable bonds is 7. The van der Waals surface area contributed by atoms with E-state index in [1.807, 2.05) is 12.1 Å². The second-order valence-electron chi connectivity index (χ2n) is 6.47. The van der Waals surface area contributed by atoms with Crippen molar-refractivity contribution in [3.05, 3.63) is 77.3 Å². The average molecular weight is 458 g/mol. The molecule has 31 heavy (non-hydrogen) atoms. The van der Waals surface area contributed by atoms with Crippen LogP contribution in [0.3, 0.4) is 0 Å². The van der Waals surface area contributed by atoms with E-state index in [2.05, 4.69) is 9.97 Å². The van der Waals surface area contributed by atoms with Gasteiger partial charge in [0, 0.05) is 6.20 Å². The number of benzene rings is 2. The number of ether oxygens (including phenoxy) is 2. The van der Waals surface area contributed by atoms with Gasteiger partial charge < -0.3 is 9.47 Å². The number of pyridine rings is 1. The van der Waals surface area contributed by atoms with Crippen molar-refractivity contribution in [1.29, 1.82) is 0 Å². The monoisotopic (exact) mass is 457 g/mol. The highest BCUT2D eigenvalue weighted by Gasteiger charge is 2.23. The Morgan fingerprint density at radius 2 is 1.97 bits per heavy atom. The number of amides is 1. The first-order valence-corrected chi connectivity index (χ1v) is 10.5. The molecular weight excluding hydrogens is 441 g/mol. The fourth-order valence-corrected chi connectivity index (χ4v) is 4.16. The van der Waals surface area contributed by atoms with E-state index in [4.69, 9.17) is 21.1 Å². The van der Waals surface area contributed by atoms with Gasteiger partial charge in [-0.25, -0.2) is 9.37 Å². The maximum atomic E-state index is 13.1. The molecule has 0 bridgehead atoms. The third-order valence-electron chi connectivity index (χ3n) is 4.42. The van der Waals surface area contributed by atoms with Crippen LogP contribution in [0.5, 0.6) is 11.5 Å². The molecule has 2 aromatic carbocycles. The molecule has 0 saturated carbocycles. The van der Waals surface area contributed by atoms with Gasteiger partial charge in [-0.1, -0.05) is 29.0 Å². The molecule has 0 aliphatic carbocycles. The molecule has 0 fully saturated rings. The molecule has 0 unspecified atom stereocenters. The van der Waals surface area contributed by atoms with Crippen molar-refractivity contribution >= 4 is 44.2 Å². The van der Waals surface area contributed by atoms with Gasteiger partial charge in [0.1, 0.15) is 22.8 Å². The molecule has 0 aliphatic rings. The van der Waals surface area contributed by atoms with Crippen LogP contribution in [0.15, 0.2) is 60.8 Å². The molecule has 0 saturated heterocycles. The number of carbonyl (C=O) groups excluding carboxylic acids is 1. The fraction of sp³-hybridized carbons (Fsp3) is 0.136. The highest BCUT2D eigenvalue weighted by atomic mass is 35.5. The first-order valence-electron chi connectivity index (χ1n) is 9.27. The van der Waals surface area contributed by atoms with Crippen molar-refractivity contribution in [2.45, 2.75) is 6.54 Å². The lowest BCUT2D eigenvalue weighted by Crippen LogP contribution is -2.34. The lowest BCUT2D eigenvalue weighted by molar-refractivity contribution is -0.120. The minimum absolute atomic E-state index is 0.201. The molecule has 0 aliphatic heterocycles. The molecule has 4 aromatic rings. The molecule has 1 amide bonds. The van der Waals surface area contributed by atoms with Gasteiger partial charge in [0.05, 0.1) is 29.1 Å². The highest BCUT2D eigenvalue weighted by Crippen LogP contribution is 2.39. The molecule has 9 heteroatoms. The van der Waals surface area contributed by atoms with Gasteiger partial charge in [0.15, 0.2) is 11.7 Å². The van der Waals surface area contributed by atoms with Crippen molar-refractivity contribution in [2.75, 3.05) is 18.6 Å². The first-order chi connectivity index (χ1) is 15.0. The molecule has 0 N–H and O–H groups in total. The number of halogens is 2. The smallest absolute Gasteiger partial charge is 0.267 e. The number of nitrogens with zero attached hydrogens (tertiary/aromatic N) is 3. The second-order valence-corrected chi connectivity index (χ2v) is 7.85. The van der Waals surface area contributed by atoms with Crippen molar-refractivity contribution < 1.29 is 18.7 Å². The van der Waals surface area contributed by atoms with Crippen LogP contribution >= 0.6 is 22.9 Å². The van der Waals surface area contributed by atoms with Crippen molar-refractivity contribution in [3.63, 3.8) is 0 Å². The zero-order chi connectivity index (χ0) is 21.8. The maximum absolute atomic E-state index is 13.1. The molecule has 6 nitrogen and oxygen atoms in total. The Bertz CT molecular complexity index is 1200. The largest absolute Gasteiger partial charge is 0.494 e. The van der Waals surface area contributed by atoms with Crippen molar-refractivity contribution in [3.8, 4) is 11.5 Å². The topological polar surface area (TPSA) is 64.5 Å². The van der Waals surface area contributed by atoms with E-state index < -0.39 is 0 Å². The van der Waals surface area contributed by atoms with Crippen LogP contribution in [0.1, 0.15) is 5.69 Å². The van der Waals surface area contributed by atoms with Crippen molar-refractivity contribution in [2.24, 2.45) is 0 Å². The molecule has 158 valence electrons. The number of aromatic nitrogens is 2. The number of carbonyl (C=O) groups is 1. The summed E-state index contributed by atoms with van der Waals surface area (Å²) < 4.78 is 24.8. The number of methoxy groups -OCH3 is 1. The number of anilines is 1. The molecule has 0 radical (unpaired) electrons. The van der Waals surface area contributed by atoms with Crippen LogP contribution in [0.2, 0.25) is 5.02 Å².